The Hall–Kier alpha value is -2.17. The van der Waals surface area contributed by atoms with Crippen molar-refractivity contribution in [2.75, 3.05) is 17.4 Å². The van der Waals surface area contributed by atoms with E-state index in [1.807, 2.05) is 24.1 Å². The van der Waals surface area contributed by atoms with Crippen LogP contribution in [-0.2, 0) is 0 Å². The molecule has 0 spiro atoms. The quantitative estimate of drug-likeness (QED) is 0.665. The van der Waals surface area contributed by atoms with Crippen LogP contribution in [0, 0.1) is 11.3 Å². The van der Waals surface area contributed by atoms with Gasteiger partial charge in [0.15, 0.2) is 11.6 Å². The molecule has 1 aromatic carbocycles. The predicted molar refractivity (Wildman–Crippen MR) is 76.8 cm³/mol. The van der Waals surface area contributed by atoms with Gasteiger partial charge in [-0.2, -0.15) is 5.26 Å². The van der Waals surface area contributed by atoms with Crippen molar-refractivity contribution in [3.8, 4) is 6.07 Å². The van der Waals surface area contributed by atoms with Crippen LogP contribution >= 0.6 is 15.9 Å². The van der Waals surface area contributed by atoms with E-state index in [4.69, 9.17) is 11.1 Å². The minimum atomic E-state index is 0.505. The van der Waals surface area contributed by atoms with Gasteiger partial charge < -0.3 is 10.3 Å². The Bertz CT molecular complexity index is 619. The fraction of sp³-hybridized carbons (Fsp3) is 0.0833. The lowest BCUT2D eigenvalue weighted by Crippen LogP contribution is -2.15. The molecular weight excluding hydrogens is 308 g/mol. The number of nitriles is 1. The number of hydrogen-bond donors (Lipinski definition) is 2. The maximum Gasteiger partial charge on any atom is 0.159 e. The SMILES string of the molecule is CN(c1ccc(C#N)cc1)c1ncnc(NN)c1Br. The van der Waals surface area contributed by atoms with Gasteiger partial charge in [-0.1, -0.05) is 0 Å². The molecule has 2 rings (SSSR count). The van der Waals surface area contributed by atoms with E-state index in [9.17, 15) is 0 Å². The van der Waals surface area contributed by atoms with Crippen molar-refractivity contribution in [1.29, 1.82) is 5.26 Å². The zero-order valence-corrected chi connectivity index (χ0v) is 11.7. The predicted octanol–water partition coefficient (Wildman–Crippen LogP) is 2.16. The molecule has 3 N–H and O–H groups in total. The number of nitrogens with two attached hydrogens (primary N) is 1. The van der Waals surface area contributed by atoms with E-state index in [1.165, 1.54) is 6.33 Å². The highest BCUT2D eigenvalue weighted by atomic mass is 79.9. The van der Waals surface area contributed by atoms with Gasteiger partial charge in [-0.3, -0.25) is 0 Å². The van der Waals surface area contributed by atoms with Crippen molar-refractivity contribution >= 4 is 33.3 Å². The van der Waals surface area contributed by atoms with Gasteiger partial charge in [0, 0.05) is 12.7 Å². The molecule has 0 fully saturated rings. The summed E-state index contributed by atoms with van der Waals surface area (Å²) < 4.78 is 0.671. The molecule has 0 aliphatic heterocycles. The molecule has 19 heavy (non-hydrogen) atoms. The average Bonchev–Trinajstić information content (AvgIpc) is 2.47. The summed E-state index contributed by atoms with van der Waals surface area (Å²) in [6.07, 6.45) is 1.43. The number of anilines is 3. The highest BCUT2D eigenvalue weighted by Crippen LogP contribution is 2.32. The highest BCUT2D eigenvalue weighted by molar-refractivity contribution is 9.10. The van der Waals surface area contributed by atoms with Gasteiger partial charge in [0.25, 0.3) is 0 Å². The van der Waals surface area contributed by atoms with Crippen LogP contribution in [0.2, 0.25) is 0 Å². The van der Waals surface area contributed by atoms with Gasteiger partial charge in [0.2, 0.25) is 0 Å². The third-order valence-corrected chi connectivity index (χ3v) is 3.34. The van der Waals surface area contributed by atoms with E-state index < -0.39 is 0 Å². The van der Waals surface area contributed by atoms with Gasteiger partial charge in [0.05, 0.1) is 11.6 Å². The lowest BCUT2D eigenvalue weighted by molar-refractivity contribution is 1.06. The van der Waals surface area contributed by atoms with Crippen molar-refractivity contribution < 1.29 is 0 Å². The summed E-state index contributed by atoms with van der Waals surface area (Å²) in [4.78, 5) is 10.1. The van der Waals surface area contributed by atoms with Crippen molar-refractivity contribution in [3.05, 3.63) is 40.6 Å². The van der Waals surface area contributed by atoms with Crippen LogP contribution in [0.4, 0.5) is 17.3 Å². The number of aromatic nitrogens is 2. The zero-order chi connectivity index (χ0) is 13.8. The van der Waals surface area contributed by atoms with E-state index >= 15 is 0 Å². The molecule has 1 aromatic heterocycles. The largest absolute Gasteiger partial charge is 0.328 e. The van der Waals surface area contributed by atoms with Crippen LogP contribution in [0.3, 0.4) is 0 Å². The van der Waals surface area contributed by atoms with Gasteiger partial charge in [-0.15, -0.1) is 0 Å². The number of nitrogens with one attached hydrogen (secondary N) is 1. The van der Waals surface area contributed by atoms with Crippen molar-refractivity contribution in [2.24, 2.45) is 5.84 Å². The van der Waals surface area contributed by atoms with Gasteiger partial charge in [0.1, 0.15) is 10.8 Å². The topological polar surface area (TPSA) is 90.9 Å². The lowest BCUT2D eigenvalue weighted by atomic mass is 10.2. The number of nitrogens with zero attached hydrogens (tertiary/aromatic N) is 4. The summed E-state index contributed by atoms with van der Waals surface area (Å²) in [5.74, 6) is 6.55. The number of nitrogen functional groups attached to an aromatic ring is 1. The Morgan fingerprint density at radius 1 is 1.32 bits per heavy atom. The number of halogens is 1. The Labute approximate surface area is 119 Å². The van der Waals surface area contributed by atoms with E-state index in [-0.39, 0.29) is 0 Å². The smallest absolute Gasteiger partial charge is 0.159 e. The summed E-state index contributed by atoms with van der Waals surface area (Å²) in [5, 5.41) is 8.78. The maximum atomic E-state index is 8.78. The van der Waals surface area contributed by atoms with Gasteiger partial charge in [-0.05, 0) is 40.2 Å². The molecule has 0 bridgehead atoms. The van der Waals surface area contributed by atoms with Crippen LogP contribution in [0.15, 0.2) is 35.1 Å². The molecule has 0 aliphatic rings. The first kappa shape index (κ1) is 13.3. The Balaban J connectivity index is 2.38. The fourth-order valence-corrected chi connectivity index (χ4v) is 2.16. The molecule has 0 saturated heterocycles. The number of hydrogen-bond acceptors (Lipinski definition) is 6. The van der Waals surface area contributed by atoms with Crippen molar-refractivity contribution in [3.63, 3.8) is 0 Å². The second-order valence-corrected chi connectivity index (χ2v) is 4.51. The first-order valence-electron chi connectivity index (χ1n) is 5.38. The Kier molecular flexibility index (Phi) is 3.94. The molecule has 7 heteroatoms. The monoisotopic (exact) mass is 318 g/mol. The molecule has 96 valence electrons. The molecule has 6 nitrogen and oxygen atoms in total. The summed E-state index contributed by atoms with van der Waals surface area (Å²) in [7, 11) is 1.87. The van der Waals surface area contributed by atoms with E-state index in [2.05, 4.69) is 37.4 Å². The standard InChI is InChI=1S/C12H11BrN6/c1-19(9-4-2-8(6-14)3-5-9)12-10(13)11(18-15)16-7-17-12/h2-5,7H,15H2,1H3,(H,16,17,18). The molecule has 0 atom stereocenters. The average molecular weight is 319 g/mol. The van der Waals surface area contributed by atoms with Crippen LogP contribution < -0.4 is 16.2 Å². The van der Waals surface area contributed by atoms with E-state index in [0.717, 1.165) is 5.69 Å². The molecule has 1 heterocycles. The first-order chi connectivity index (χ1) is 9.17. The van der Waals surface area contributed by atoms with Crippen LogP contribution in [-0.4, -0.2) is 17.0 Å². The number of rotatable bonds is 3. The third kappa shape index (κ3) is 2.65. The molecular formula is C12H11BrN6. The third-order valence-electron chi connectivity index (χ3n) is 2.61. The van der Waals surface area contributed by atoms with Crippen LogP contribution in [0.25, 0.3) is 0 Å². The Morgan fingerprint density at radius 2 is 2.00 bits per heavy atom. The molecule has 0 aliphatic carbocycles. The van der Waals surface area contributed by atoms with E-state index in [0.29, 0.717) is 21.7 Å². The summed E-state index contributed by atoms with van der Waals surface area (Å²) in [6, 6.07) is 9.29. The normalized spacial score (nSPS) is 9.79. The second-order valence-electron chi connectivity index (χ2n) is 3.72. The number of hydrazine groups is 1. The minimum Gasteiger partial charge on any atom is -0.328 e. The van der Waals surface area contributed by atoms with Crippen molar-refractivity contribution in [1.82, 2.24) is 9.97 Å². The molecule has 0 unspecified atom stereocenters. The van der Waals surface area contributed by atoms with Gasteiger partial charge in [-0.25, -0.2) is 15.8 Å². The lowest BCUT2D eigenvalue weighted by Gasteiger charge is -2.20. The first-order valence-corrected chi connectivity index (χ1v) is 6.17. The second kappa shape index (κ2) is 5.65. The number of benzene rings is 1. The fourth-order valence-electron chi connectivity index (χ4n) is 1.58. The van der Waals surface area contributed by atoms with Crippen LogP contribution in [0.1, 0.15) is 5.56 Å². The molecule has 2 aromatic rings. The molecule has 0 amide bonds. The van der Waals surface area contributed by atoms with Crippen molar-refractivity contribution in [2.45, 2.75) is 0 Å². The van der Waals surface area contributed by atoms with Gasteiger partial charge >= 0.3 is 0 Å². The summed E-state index contributed by atoms with van der Waals surface area (Å²) in [6.45, 7) is 0. The Morgan fingerprint density at radius 3 is 2.58 bits per heavy atom. The zero-order valence-electron chi connectivity index (χ0n) is 10.1. The van der Waals surface area contributed by atoms with Crippen LogP contribution in [0.5, 0.6) is 0 Å². The van der Waals surface area contributed by atoms with E-state index in [1.54, 1.807) is 12.1 Å². The molecule has 0 radical (unpaired) electrons. The molecule has 0 saturated carbocycles. The summed E-state index contributed by atoms with van der Waals surface area (Å²) in [5.41, 5.74) is 4.01. The highest BCUT2D eigenvalue weighted by Gasteiger charge is 2.13. The summed E-state index contributed by atoms with van der Waals surface area (Å²) >= 11 is 3.41. The maximum absolute atomic E-state index is 8.78. The minimum absolute atomic E-state index is 0.505.